The van der Waals surface area contributed by atoms with Crippen molar-refractivity contribution in [3.05, 3.63) is 144 Å². The van der Waals surface area contributed by atoms with E-state index in [1.165, 1.54) is 11.8 Å². The lowest BCUT2D eigenvalue weighted by Gasteiger charge is -2.13. The number of hydrogen-bond donors (Lipinski definition) is 4. The molecule has 4 N–H and O–H groups in total. The Balaban J connectivity index is 0.953. The van der Waals surface area contributed by atoms with Gasteiger partial charge in [0.25, 0.3) is 0 Å². The van der Waals surface area contributed by atoms with E-state index in [1.54, 1.807) is 24.5 Å². The van der Waals surface area contributed by atoms with Crippen molar-refractivity contribution in [2.45, 2.75) is 11.7 Å². The van der Waals surface area contributed by atoms with E-state index < -0.39 is 0 Å². The van der Waals surface area contributed by atoms with E-state index in [9.17, 15) is 0 Å². The first-order valence-electron chi connectivity index (χ1n) is 15.7. The highest BCUT2D eigenvalue weighted by Gasteiger charge is 2.27. The molecule has 0 fully saturated rings. The highest BCUT2D eigenvalue weighted by atomic mass is 32.2. The van der Waals surface area contributed by atoms with Crippen LogP contribution in [-0.2, 0) is 0 Å². The number of rotatable bonds is 8. The van der Waals surface area contributed by atoms with Crippen LogP contribution >= 0.6 is 35.3 Å². The van der Waals surface area contributed by atoms with E-state index in [2.05, 4.69) is 19.9 Å². The van der Waals surface area contributed by atoms with Crippen LogP contribution in [0, 0.1) is 21.6 Å². The minimum absolute atomic E-state index is 0.143. The van der Waals surface area contributed by atoms with Gasteiger partial charge in [-0.3, -0.25) is 31.6 Å². The molecule has 1 atom stereocenters. The molecule has 0 radical (unpaired) electrons. The minimum Gasteiger partial charge on any atom is -0.297 e. The van der Waals surface area contributed by atoms with Gasteiger partial charge in [-0.05, 0) is 91.0 Å². The first-order chi connectivity index (χ1) is 24.9. The van der Waals surface area contributed by atoms with Crippen molar-refractivity contribution < 1.29 is 0 Å². The molecule has 13 heteroatoms. The van der Waals surface area contributed by atoms with Gasteiger partial charge in [-0.15, -0.1) is 11.8 Å². The standard InChI is InChI=1S/C38H28N10S3/c39-35(31-17-7-15-29(47-31)27-13-5-11-25(45-27)23-9-1-3-21-43-23)50-37(41)33-19-20-34(49-33)38(42)51-36(40)32-18-8-16-30(48-32)28-14-6-12-26(46-28)24-10-2-4-22-44-24/h1-19,21-22,34,39-42H,20H2. The summed E-state index contributed by atoms with van der Waals surface area (Å²) in [7, 11) is 0. The second-order valence-electron chi connectivity index (χ2n) is 11.0. The van der Waals surface area contributed by atoms with Crippen molar-refractivity contribution in [2.24, 2.45) is 0 Å². The number of thioether (sulfide) groups is 3. The maximum Gasteiger partial charge on any atom is 0.119 e. The van der Waals surface area contributed by atoms with Gasteiger partial charge in [0.05, 0.1) is 67.2 Å². The molecule has 10 nitrogen and oxygen atoms in total. The molecule has 0 spiro atoms. The molecular formula is C38H28N10S3. The Morgan fingerprint density at radius 1 is 0.490 bits per heavy atom. The lowest BCUT2D eigenvalue weighted by Crippen LogP contribution is -2.13. The summed E-state index contributed by atoms with van der Waals surface area (Å²) in [6.07, 6.45) is 5.93. The first kappa shape index (κ1) is 33.8. The van der Waals surface area contributed by atoms with Gasteiger partial charge in [0.1, 0.15) is 15.1 Å². The zero-order valence-corrected chi connectivity index (χ0v) is 29.3. The second kappa shape index (κ2) is 15.5. The fourth-order valence-electron chi connectivity index (χ4n) is 5.08. The Kier molecular flexibility index (Phi) is 10.3. The molecule has 1 aliphatic rings. The third-order valence-corrected chi connectivity index (χ3v) is 10.9. The molecule has 51 heavy (non-hydrogen) atoms. The smallest absolute Gasteiger partial charge is 0.119 e. The van der Waals surface area contributed by atoms with Crippen molar-refractivity contribution in [1.29, 1.82) is 21.6 Å². The molecule has 6 aromatic heterocycles. The first-order valence-corrected chi connectivity index (χ1v) is 18.2. The topological polar surface area (TPSA) is 173 Å². The van der Waals surface area contributed by atoms with Gasteiger partial charge in [0.2, 0.25) is 0 Å². The maximum atomic E-state index is 8.77. The van der Waals surface area contributed by atoms with Gasteiger partial charge in [0.15, 0.2) is 0 Å². The van der Waals surface area contributed by atoms with Crippen molar-refractivity contribution in [2.75, 3.05) is 0 Å². The molecule has 0 saturated carbocycles. The van der Waals surface area contributed by atoms with Gasteiger partial charge in [-0.1, -0.05) is 54.2 Å². The molecule has 0 aromatic carbocycles. The predicted octanol–water partition coefficient (Wildman–Crippen LogP) is 8.89. The van der Waals surface area contributed by atoms with E-state index in [4.69, 9.17) is 31.6 Å². The summed E-state index contributed by atoms with van der Waals surface area (Å²) >= 11 is 3.48. The SMILES string of the molecule is N=C(SC(=N)c1cccc(-c2cccc(-c3ccccn3)n2)n1)C1=CCC(C(=N)SC(=N)c2cccc(-c3cccc(-c4ccccn4)n3)n2)S1. The quantitative estimate of drug-likeness (QED) is 0.0885. The fraction of sp³-hybridized carbons (Fsp3) is 0.0526. The van der Waals surface area contributed by atoms with Crippen LogP contribution in [0.3, 0.4) is 0 Å². The van der Waals surface area contributed by atoms with Crippen LogP contribution in [-0.4, -0.2) is 55.3 Å². The molecule has 6 aromatic rings. The van der Waals surface area contributed by atoms with E-state index in [-0.39, 0.29) is 20.4 Å². The van der Waals surface area contributed by atoms with Crippen LogP contribution in [0.15, 0.2) is 133 Å². The Morgan fingerprint density at radius 2 is 0.922 bits per heavy atom. The molecule has 1 aliphatic heterocycles. The normalized spacial score (nSPS) is 13.7. The van der Waals surface area contributed by atoms with Crippen LogP contribution < -0.4 is 0 Å². The maximum absolute atomic E-state index is 8.77. The Hall–Kier alpha value is -5.63. The summed E-state index contributed by atoms with van der Waals surface area (Å²) in [6, 6.07) is 33.6. The number of allylic oxidation sites excluding steroid dienone is 1. The van der Waals surface area contributed by atoms with Crippen molar-refractivity contribution in [3.8, 4) is 45.6 Å². The number of nitrogens with one attached hydrogen (secondary N) is 4. The average molecular weight is 721 g/mol. The van der Waals surface area contributed by atoms with Crippen LogP contribution in [0.25, 0.3) is 45.6 Å². The largest absolute Gasteiger partial charge is 0.297 e. The summed E-state index contributed by atoms with van der Waals surface area (Å²) in [5.41, 5.74) is 6.47. The van der Waals surface area contributed by atoms with Crippen molar-refractivity contribution >= 4 is 55.5 Å². The van der Waals surface area contributed by atoms with E-state index in [1.807, 2.05) is 103 Å². The molecule has 7 rings (SSSR count). The number of nitrogens with zero attached hydrogens (tertiary/aromatic N) is 6. The Labute approximate surface area is 306 Å². The molecule has 1 unspecified atom stereocenters. The molecule has 248 valence electrons. The zero-order chi connectivity index (χ0) is 35.2. The summed E-state index contributed by atoms with van der Waals surface area (Å²) in [5.74, 6) is 0. The van der Waals surface area contributed by atoms with Gasteiger partial charge in [-0.2, -0.15) is 0 Å². The number of hydrogen-bond acceptors (Lipinski definition) is 13. The third-order valence-electron chi connectivity index (χ3n) is 7.56. The van der Waals surface area contributed by atoms with Gasteiger partial charge >= 0.3 is 0 Å². The molecule has 0 bridgehead atoms. The molecule has 7 heterocycles. The highest BCUT2D eigenvalue weighted by molar-refractivity contribution is 8.30. The van der Waals surface area contributed by atoms with Gasteiger partial charge < -0.3 is 0 Å². The summed E-state index contributed by atoms with van der Waals surface area (Å²) in [4.78, 5) is 28.3. The predicted molar refractivity (Wildman–Crippen MR) is 210 cm³/mol. The Bertz CT molecular complexity index is 2310. The zero-order valence-electron chi connectivity index (χ0n) is 26.8. The van der Waals surface area contributed by atoms with Crippen LogP contribution in [0.2, 0.25) is 0 Å². The number of pyridine rings is 6. The third kappa shape index (κ3) is 8.07. The van der Waals surface area contributed by atoms with Crippen LogP contribution in [0.1, 0.15) is 17.8 Å². The van der Waals surface area contributed by atoms with Crippen LogP contribution in [0.5, 0.6) is 0 Å². The van der Waals surface area contributed by atoms with Crippen LogP contribution in [0.4, 0.5) is 0 Å². The van der Waals surface area contributed by atoms with E-state index >= 15 is 0 Å². The van der Waals surface area contributed by atoms with Gasteiger partial charge in [-0.25, -0.2) is 19.9 Å². The molecular weight excluding hydrogens is 693 g/mol. The number of aromatic nitrogens is 6. The summed E-state index contributed by atoms with van der Waals surface area (Å²) < 4.78 is 0. The lowest BCUT2D eigenvalue weighted by atomic mass is 10.2. The van der Waals surface area contributed by atoms with E-state index in [0.29, 0.717) is 50.5 Å². The minimum atomic E-state index is -0.237. The van der Waals surface area contributed by atoms with Gasteiger partial charge in [0, 0.05) is 17.3 Å². The monoisotopic (exact) mass is 720 g/mol. The van der Waals surface area contributed by atoms with Crippen molar-refractivity contribution in [1.82, 2.24) is 29.9 Å². The lowest BCUT2D eigenvalue weighted by molar-refractivity contribution is 1.14. The molecule has 0 aliphatic carbocycles. The van der Waals surface area contributed by atoms with Crippen molar-refractivity contribution in [3.63, 3.8) is 0 Å². The average Bonchev–Trinajstić information content (AvgIpc) is 3.70. The summed E-state index contributed by atoms with van der Waals surface area (Å²) in [6.45, 7) is 0. The fourth-order valence-corrected chi connectivity index (χ4v) is 7.81. The van der Waals surface area contributed by atoms with E-state index in [0.717, 1.165) is 46.3 Å². The molecule has 0 amide bonds. The molecule has 0 saturated heterocycles. The highest BCUT2D eigenvalue weighted by Crippen LogP contribution is 2.39. The summed E-state index contributed by atoms with van der Waals surface area (Å²) in [5, 5.41) is 35.6. The Morgan fingerprint density at radius 3 is 1.41 bits per heavy atom. The second-order valence-corrected chi connectivity index (χ2v) is 14.3.